The fraction of sp³-hybridized carbons (Fsp3) is 0.773. The Hall–Kier alpha value is -1.65. The normalized spacial score (nSPS) is 43.1. The van der Waals surface area contributed by atoms with E-state index in [2.05, 4.69) is 6.92 Å². The number of esters is 2. The standard InChI is InChI=1S/C22H30O5/c1-12(23)26-19-11-22(3)18(8-9-20(22)27-13(2)24)17-6-4-14-10-15(25)5-7-16(14)21(17)19/h10,16-21H,4-9,11H2,1-3H3/t16-,17-,18+,19+,20+,21-,22-/m0/s1. The lowest BCUT2D eigenvalue weighted by molar-refractivity contribution is -0.179. The van der Waals surface area contributed by atoms with Crippen molar-refractivity contribution in [3.8, 4) is 0 Å². The van der Waals surface area contributed by atoms with Crippen molar-refractivity contribution in [1.29, 1.82) is 0 Å². The average Bonchev–Trinajstić information content (AvgIpc) is 2.89. The summed E-state index contributed by atoms with van der Waals surface area (Å²) in [6.07, 6.45) is 7.78. The van der Waals surface area contributed by atoms with Crippen molar-refractivity contribution >= 4 is 17.7 Å². The second-order valence-electron chi connectivity index (χ2n) is 9.25. The molecule has 5 nitrogen and oxygen atoms in total. The molecule has 5 heteroatoms. The van der Waals surface area contributed by atoms with Crippen molar-refractivity contribution in [3.63, 3.8) is 0 Å². The third-order valence-corrected chi connectivity index (χ3v) is 7.78. The number of carbonyl (C=O) groups excluding carboxylic acids is 3. The first kappa shape index (κ1) is 18.7. The summed E-state index contributed by atoms with van der Waals surface area (Å²) >= 11 is 0. The smallest absolute Gasteiger partial charge is 0.302 e. The molecule has 0 unspecified atom stereocenters. The number of allylic oxidation sites excluding steroid dienone is 1. The quantitative estimate of drug-likeness (QED) is 0.691. The minimum Gasteiger partial charge on any atom is -0.462 e. The molecule has 3 fully saturated rings. The summed E-state index contributed by atoms with van der Waals surface area (Å²) in [5.41, 5.74) is 1.13. The molecule has 0 aromatic heterocycles. The summed E-state index contributed by atoms with van der Waals surface area (Å²) in [5.74, 6) is 1.35. The topological polar surface area (TPSA) is 69.7 Å². The van der Waals surface area contributed by atoms with Gasteiger partial charge in [0.15, 0.2) is 5.78 Å². The fourth-order valence-electron chi connectivity index (χ4n) is 6.91. The predicted molar refractivity (Wildman–Crippen MR) is 98.6 cm³/mol. The molecule has 0 heterocycles. The Morgan fingerprint density at radius 2 is 1.78 bits per heavy atom. The van der Waals surface area contributed by atoms with Gasteiger partial charge < -0.3 is 9.47 Å². The van der Waals surface area contributed by atoms with Gasteiger partial charge in [-0.3, -0.25) is 14.4 Å². The van der Waals surface area contributed by atoms with Gasteiger partial charge in [0, 0.05) is 31.6 Å². The monoisotopic (exact) mass is 374 g/mol. The molecule has 0 N–H and O–H groups in total. The summed E-state index contributed by atoms with van der Waals surface area (Å²) in [6, 6.07) is 0. The van der Waals surface area contributed by atoms with E-state index in [1.54, 1.807) is 0 Å². The Kier molecular flexibility index (Phi) is 4.68. The number of carbonyl (C=O) groups is 3. The van der Waals surface area contributed by atoms with E-state index in [1.807, 2.05) is 6.08 Å². The largest absolute Gasteiger partial charge is 0.462 e. The molecule has 148 valence electrons. The van der Waals surface area contributed by atoms with Crippen LogP contribution in [0.3, 0.4) is 0 Å². The van der Waals surface area contributed by atoms with Gasteiger partial charge in [0.1, 0.15) is 12.2 Å². The van der Waals surface area contributed by atoms with E-state index < -0.39 is 0 Å². The van der Waals surface area contributed by atoms with Crippen LogP contribution in [0.25, 0.3) is 0 Å². The van der Waals surface area contributed by atoms with E-state index in [0.29, 0.717) is 24.2 Å². The Balaban J connectivity index is 1.68. The van der Waals surface area contributed by atoms with Gasteiger partial charge in [-0.2, -0.15) is 0 Å². The third-order valence-electron chi connectivity index (χ3n) is 7.78. The zero-order chi connectivity index (χ0) is 19.3. The highest BCUT2D eigenvalue weighted by atomic mass is 16.5. The van der Waals surface area contributed by atoms with Crippen LogP contribution in [0.4, 0.5) is 0 Å². The van der Waals surface area contributed by atoms with E-state index in [-0.39, 0.29) is 41.3 Å². The minimum absolute atomic E-state index is 0.0936. The number of rotatable bonds is 2. The highest BCUT2D eigenvalue weighted by molar-refractivity contribution is 5.91. The molecule has 4 rings (SSSR count). The number of fused-ring (bicyclic) bond motifs is 5. The minimum atomic E-state index is -0.245. The van der Waals surface area contributed by atoms with Crippen molar-refractivity contribution in [1.82, 2.24) is 0 Å². The molecular formula is C22H30O5. The zero-order valence-electron chi connectivity index (χ0n) is 16.5. The van der Waals surface area contributed by atoms with Gasteiger partial charge >= 0.3 is 11.9 Å². The predicted octanol–water partition coefficient (Wildman–Crippen LogP) is 3.60. The van der Waals surface area contributed by atoms with Crippen LogP contribution in [0, 0.1) is 29.1 Å². The van der Waals surface area contributed by atoms with Crippen LogP contribution in [-0.4, -0.2) is 29.9 Å². The maximum absolute atomic E-state index is 11.9. The second kappa shape index (κ2) is 6.75. The lowest BCUT2D eigenvalue weighted by Gasteiger charge is -2.56. The van der Waals surface area contributed by atoms with Crippen LogP contribution in [-0.2, 0) is 23.9 Å². The Morgan fingerprint density at radius 1 is 1.04 bits per heavy atom. The van der Waals surface area contributed by atoms with Gasteiger partial charge in [-0.1, -0.05) is 12.5 Å². The number of hydrogen-bond acceptors (Lipinski definition) is 5. The van der Waals surface area contributed by atoms with Gasteiger partial charge in [0.2, 0.25) is 0 Å². The maximum atomic E-state index is 11.9. The van der Waals surface area contributed by atoms with Crippen LogP contribution in [0.5, 0.6) is 0 Å². The molecule has 0 aliphatic heterocycles. The van der Waals surface area contributed by atoms with Gasteiger partial charge in [0.25, 0.3) is 0 Å². The number of ketones is 1. The van der Waals surface area contributed by atoms with Crippen LogP contribution < -0.4 is 0 Å². The van der Waals surface area contributed by atoms with Gasteiger partial charge in [0.05, 0.1) is 0 Å². The molecule has 0 amide bonds. The summed E-state index contributed by atoms with van der Waals surface area (Å²) in [7, 11) is 0. The molecule has 27 heavy (non-hydrogen) atoms. The number of ether oxygens (including phenoxy) is 2. The third kappa shape index (κ3) is 3.13. The lowest BCUT2D eigenvalue weighted by Crippen LogP contribution is -2.55. The Labute approximate surface area is 160 Å². The van der Waals surface area contributed by atoms with E-state index in [9.17, 15) is 14.4 Å². The summed E-state index contributed by atoms with van der Waals surface area (Å²) in [6.45, 7) is 5.18. The summed E-state index contributed by atoms with van der Waals surface area (Å²) in [5, 5.41) is 0. The van der Waals surface area contributed by atoms with Crippen LogP contribution in [0.15, 0.2) is 11.6 Å². The highest BCUT2D eigenvalue weighted by Gasteiger charge is 2.61. The first-order chi connectivity index (χ1) is 12.8. The van der Waals surface area contributed by atoms with E-state index in [0.717, 1.165) is 38.5 Å². The van der Waals surface area contributed by atoms with Gasteiger partial charge in [-0.15, -0.1) is 0 Å². The fourth-order valence-corrected chi connectivity index (χ4v) is 6.91. The molecule has 0 aromatic carbocycles. The van der Waals surface area contributed by atoms with Crippen molar-refractivity contribution in [2.45, 2.75) is 77.9 Å². The van der Waals surface area contributed by atoms with Crippen LogP contribution in [0.2, 0.25) is 0 Å². The van der Waals surface area contributed by atoms with E-state index in [4.69, 9.17) is 9.47 Å². The Morgan fingerprint density at radius 3 is 2.48 bits per heavy atom. The molecule has 4 aliphatic carbocycles. The summed E-state index contributed by atoms with van der Waals surface area (Å²) in [4.78, 5) is 35.4. The molecule has 0 radical (unpaired) electrons. The molecule has 7 atom stereocenters. The molecule has 0 spiro atoms. The van der Waals surface area contributed by atoms with Crippen molar-refractivity contribution < 1.29 is 23.9 Å². The van der Waals surface area contributed by atoms with E-state index >= 15 is 0 Å². The maximum Gasteiger partial charge on any atom is 0.302 e. The average molecular weight is 374 g/mol. The van der Waals surface area contributed by atoms with Crippen LogP contribution >= 0.6 is 0 Å². The lowest BCUT2D eigenvalue weighted by atomic mass is 9.51. The van der Waals surface area contributed by atoms with Gasteiger partial charge in [-0.05, 0) is 62.4 Å². The van der Waals surface area contributed by atoms with Crippen molar-refractivity contribution in [2.75, 3.05) is 0 Å². The molecular weight excluding hydrogens is 344 g/mol. The first-order valence-electron chi connectivity index (χ1n) is 10.4. The van der Waals surface area contributed by atoms with Gasteiger partial charge in [-0.25, -0.2) is 0 Å². The summed E-state index contributed by atoms with van der Waals surface area (Å²) < 4.78 is 11.6. The molecule has 0 aromatic rings. The molecule has 0 bridgehead atoms. The highest BCUT2D eigenvalue weighted by Crippen LogP contribution is 2.62. The van der Waals surface area contributed by atoms with Crippen LogP contribution in [0.1, 0.15) is 65.7 Å². The SMILES string of the molecule is CC(=O)O[C@@H]1C[C@@]2(C)[C@H](CC[C@H]2OC(C)=O)[C@@H]2CCC3=CC(=O)CC[C@@H]3[C@@H]21. The second-order valence-corrected chi connectivity index (χ2v) is 9.25. The zero-order valence-corrected chi connectivity index (χ0v) is 16.5. The van der Waals surface area contributed by atoms with Crippen molar-refractivity contribution in [2.24, 2.45) is 29.1 Å². The first-order valence-corrected chi connectivity index (χ1v) is 10.4. The molecule has 4 aliphatic rings. The van der Waals surface area contributed by atoms with Crippen molar-refractivity contribution in [3.05, 3.63) is 11.6 Å². The molecule has 3 saturated carbocycles. The Bertz CT molecular complexity index is 695. The van der Waals surface area contributed by atoms with E-state index in [1.165, 1.54) is 19.4 Å². The molecule has 0 saturated heterocycles. The number of hydrogen-bond donors (Lipinski definition) is 0.